The lowest BCUT2D eigenvalue weighted by atomic mass is 9.90. The molecule has 1 amide bonds. The Labute approximate surface area is 121 Å². The Morgan fingerprint density at radius 3 is 2.70 bits per heavy atom. The van der Waals surface area contributed by atoms with Crippen LogP contribution in [0.1, 0.15) is 45.2 Å². The Hall–Kier alpha value is -1.51. The van der Waals surface area contributed by atoms with Crippen LogP contribution in [0, 0.1) is 5.41 Å². The molecule has 0 aromatic heterocycles. The SMILES string of the molecule is CCOc1ccc2c(c1)CN(C(=O)CC(C)(C)C)CC2. The van der Waals surface area contributed by atoms with Gasteiger partial charge in [0.05, 0.1) is 6.61 Å². The minimum absolute atomic E-state index is 0.0462. The number of rotatable bonds is 3. The number of nitrogens with zero attached hydrogens (tertiary/aromatic N) is 1. The first-order chi connectivity index (χ1) is 9.39. The standard InChI is InChI=1S/C17H25NO2/c1-5-20-15-7-6-13-8-9-18(12-14(13)10-15)16(19)11-17(2,3)4/h6-7,10H,5,8-9,11-12H2,1-4H3. The van der Waals surface area contributed by atoms with Crippen molar-refractivity contribution < 1.29 is 9.53 Å². The predicted molar refractivity (Wildman–Crippen MR) is 80.8 cm³/mol. The molecule has 0 fully saturated rings. The molecule has 1 aromatic carbocycles. The van der Waals surface area contributed by atoms with Gasteiger partial charge in [0.2, 0.25) is 5.91 Å². The monoisotopic (exact) mass is 275 g/mol. The molecule has 0 aliphatic carbocycles. The fourth-order valence-corrected chi connectivity index (χ4v) is 2.57. The lowest BCUT2D eigenvalue weighted by Crippen LogP contribution is -2.37. The van der Waals surface area contributed by atoms with Gasteiger partial charge in [-0.15, -0.1) is 0 Å². The van der Waals surface area contributed by atoms with E-state index in [1.54, 1.807) is 0 Å². The van der Waals surface area contributed by atoms with E-state index in [1.165, 1.54) is 11.1 Å². The maximum atomic E-state index is 12.3. The second-order valence-electron chi connectivity index (χ2n) is 6.67. The molecular formula is C17H25NO2. The highest BCUT2D eigenvalue weighted by molar-refractivity contribution is 5.77. The number of fused-ring (bicyclic) bond motifs is 1. The van der Waals surface area contributed by atoms with E-state index in [9.17, 15) is 4.79 Å². The molecule has 3 nitrogen and oxygen atoms in total. The van der Waals surface area contributed by atoms with Crippen molar-refractivity contribution in [1.29, 1.82) is 0 Å². The van der Waals surface area contributed by atoms with Crippen molar-refractivity contribution in [3.8, 4) is 5.75 Å². The van der Waals surface area contributed by atoms with Crippen LogP contribution in [0.2, 0.25) is 0 Å². The number of ether oxygens (including phenoxy) is 1. The number of hydrogen-bond acceptors (Lipinski definition) is 2. The lowest BCUT2D eigenvalue weighted by Gasteiger charge is -2.31. The minimum atomic E-state index is 0.0462. The zero-order valence-corrected chi connectivity index (χ0v) is 13.0. The average molecular weight is 275 g/mol. The van der Waals surface area contributed by atoms with Gasteiger partial charge in [-0.2, -0.15) is 0 Å². The van der Waals surface area contributed by atoms with Crippen molar-refractivity contribution in [2.45, 2.75) is 47.1 Å². The molecule has 1 aliphatic rings. The Kier molecular flexibility index (Phi) is 4.36. The Morgan fingerprint density at radius 1 is 1.30 bits per heavy atom. The normalized spacial score (nSPS) is 14.9. The molecule has 20 heavy (non-hydrogen) atoms. The van der Waals surface area contributed by atoms with Gasteiger partial charge in [0.1, 0.15) is 5.75 Å². The molecule has 0 N–H and O–H groups in total. The van der Waals surface area contributed by atoms with Gasteiger partial charge in [-0.25, -0.2) is 0 Å². The van der Waals surface area contributed by atoms with Crippen molar-refractivity contribution in [1.82, 2.24) is 4.90 Å². The highest BCUT2D eigenvalue weighted by Crippen LogP contribution is 2.26. The third-order valence-electron chi connectivity index (χ3n) is 3.54. The smallest absolute Gasteiger partial charge is 0.223 e. The molecule has 2 rings (SSSR count). The summed E-state index contributed by atoms with van der Waals surface area (Å²) in [6.07, 6.45) is 1.55. The van der Waals surface area contributed by atoms with E-state index in [0.29, 0.717) is 19.6 Å². The van der Waals surface area contributed by atoms with Gasteiger partial charge in [-0.3, -0.25) is 4.79 Å². The summed E-state index contributed by atoms with van der Waals surface area (Å²) in [5, 5.41) is 0. The highest BCUT2D eigenvalue weighted by Gasteiger charge is 2.24. The molecule has 0 radical (unpaired) electrons. The number of amides is 1. The van der Waals surface area contributed by atoms with Gasteiger partial charge in [0, 0.05) is 19.5 Å². The van der Waals surface area contributed by atoms with Crippen LogP contribution in [0.25, 0.3) is 0 Å². The van der Waals surface area contributed by atoms with Crippen LogP contribution in [0.15, 0.2) is 18.2 Å². The largest absolute Gasteiger partial charge is 0.494 e. The molecular weight excluding hydrogens is 250 g/mol. The van der Waals surface area contributed by atoms with Crippen LogP contribution < -0.4 is 4.74 Å². The maximum Gasteiger partial charge on any atom is 0.223 e. The summed E-state index contributed by atoms with van der Waals surface area (Å²) in [4.78, 5) is 14.3. The van der Waals surface area contributed by atoms with Crippen molar-refractivity contribution in [3.63, 3.8) is 0 Å². The van der Waals surface area contributed by atoms with Crippen molar-refractivity contribution in [2.24, 2.45) is 5.41 Å². The third-order valence-corrected chi connectivity index (χ3v) is 3.54. The molecule has 1 aliphatic heterocycles. The van der Waals surface area contributed by atoms with Crippen LogP contribution >= 0.6 is 0 Å². The van der Waals surface area contributed by atoms with Crippen molar-refractivity contribution in [3.05, 3.63) is 29.3 Å². The van der Waals surface area contributed by atoms with Gasteiger partial charge in [0.15, 0.2) is 0 Å². The van der Waals surface area contributed by atoms with E-state index in [1.807, 2.05) is 17.9 Å². The van der Waals surface area contributed by atoms with Crippen LogP contribution in [-0.2, 0) is 17.8 Å². The Balaban J connectivity index is 2.09. The first-order valence-corrected chi connectivity index (χ1v) is 7.41. The van der Waals surface area contributed by atoms with E-state index in [0.717, 1.165) is 18.7 Å². The van der Waals surface area contributed by atoms with Crippen LogP contribution in [-0.4, -0.2) is 24.0 Å². The average Bonchev–Trinajstić information content (AvgIpc) is 2.36. The summed E-state index contributed by atoms with van der Waals surface area (Å²) in [6, 6.07) is 6.23. The van der Waals surface area contributed by atoms with E-state index in [4.69, 9.17) is 4.74 Å². The van der Waals surface area contributed by atoms with Gasteiger partial charge >= 0.3 is 0 Å². The molecule has 0 atom stereocenters. The van der Waals surface area contributed by atoms with E-state index < -0.39 is 0 Å². The van der Waals surface area contributed by atoms with Crippen LogP contribution in [0.3, 0.4) is 0 Å². The summed E-state index contributed by atoms with van der Waals surface area (Å²) < 4.78 is 5.54. The Morgan fingerprint density at radius 2 is 2.05 bits per heavy atom. The fourth-order valence-electron chi connectivity index (χ4n) is 2.57. The van der Waals surface area contributed by atoms with E-state index >= 15 is 0 Å². The second kappa shape index (κ2) is 5.86. The molecule has 0 saturated carbocycles. The van der Waals surface area contributed by atoms with E-state index in [2.05, 4.69) is 32.9 Å². The zero-order valence-electron chi connectivity index (χ0n) is 13.0. The summed E-state index contributed by atoms with van der Waals surface area (Å²) in [5.41, 5.74) is 2.61. The fraction of sp³-hybridized carbons (Fsp3) is 0.588. The topological polar surface area (TPSA) is 29.5 Å². The summed E-state index contributed by atoms with van der Waals surface area (Å²) in [5.74, 6) is 1.15. The number of carbonyl (C=O) groups is 1. The molecule has 0 spiro atoms. The van der Waals surface area contributed by atoms with Gasteiger partial charge in [-0.05, 0) is 42.0 Å². The molecule has 0 unspecified atom stereocenters. The molecule has 3 heteroatoms. The summed E-state index contributed by atoms with van der Waals surface area (Å²) in [6.45, 7) is 10.5. The van der Waals surface area contributed by atoms with Crippen molar-refractivity contribution >= 4 is 5.91 Å². The number of carbonyl (C=O) groups excluding carboxylic acids is 1. The molecule has 1 aromatic rings. The molecule has 0 saturated heterocycles. The zero-order chi connectivity index (χ0) is 14.8. The van der Waals surface area contributed by atoms with Crippen molar-refractivity contribution in [2.75, 3.05) is 13.2 Å². The third kappa shape index (κ3) is 3.75. The molecule has 0 bridgehead atoms. The lowest BCUT2D eigenvalue weighted by molar-refractivity contribution is -0.134. The van der Waals surface area contributed by atoms with Gasteiger partial charge < -0.3 is 9.64 Å². The quantitative estimate of drug-likeness (QED) is 0.846. The summed E-state index contributed by atoms with van der Waals surface area (Å²) >= 11 is 0. The maximum absolute atomic E-state index is 12.3. The molecule has 1 heterocycles. The first kappa shape index (κ1) is 14.9. The van der Waals surface area contributed by atoms with Gasteiger partial charge in [-0.1, -0.05) is 26.8 Å². The number of hydrogen-bond donors (Lipinski definition) is 0. The van der Waals surface area contributed by atoms with E-state index in [-0.39, 0.29) is 11.3 Å². The van der Waals surface area contributed by atoms with Gasteiger partial charge in [0.25, 0.3) is 0 Å². The predicted octanol–water partition coefficient (Wildman–Crippen LogP) is 3.41. The minimum Gasteiger partial charge on any atom is -0.494 e. The van der Waals surface area contributed by atoms with Crippen LogP contribution in [0.5, 0.6) is 5.75 Å². The second-order valence-corrected chi connectivity index (χ2v) is 6.67. The Bertz CT molecular complexity index is 488. The highest BCUT2D eigenvalue weighted by atomic mass is 16.5. The number of benzene rings is 1. The molecule has 110 valence electrons. The van der Waals surface area contributed by atoms with Crippen LogP contribution in [0.4, 0.5) is 0 Å². The first-order valence-electron chi connectivity index (χ1n) is 7.41. The summed E-state index contributed by atoms with van der Waals surface area (Å²) in [7, 11) is 0.